The predicted octanol–water partition coefficient (Wildman–Crippen LogP) is 6.52. The molecule has 0 saturated heterocycles. The number of aliphatic hydroxyl groups is 3. The third-order valence-electron chi connectivity index (χ3n) is 14.0. The molecule has 4 saturated carbocycles. The molecule has 0 aromatic carbocycles. The van der Waals surface area contributed by atoms with E-state index in [1.54, 1.807) is 5.57 Å². The van der Waals surface area contributed by atoms with Crippen molar-refractivity contribution in [3.63, 3.8) is 0 Å². The van der Waals surface area contributed by atoms with Crippen molar-refractivity contribution < 1.29 is 15.3 Å². The van der Waals surface area contributed by atoms with Crippen LogP contribution in [0.3, 0.4) is 0 Å². The van der Waals surface area contributed by atoms with Gasteiger partial charge in [-0.3, -0.25) is 0 Å². The highest BCUT2D eigenvalue weighted by Gasteiger charge is 2.70. The van der Waals surface area contributed by atoms with Gasteiger partial charge in [0.2, 0.25) is 0 Å². The zero-order chi connectivity index (χ0) is 25.8. The normalized spacial score (nSPS) is 57.1. The van der Waals surface area contributed by atoms with E-state index in [1.807, 2.05) is 6.92 Å². The van der Waals surface area contributed by atoms with Crippen LogP contribution < -0.4 is 0 Å². The first-order valence-corrected chi connectivity index (χ1v) is 14.5. The zero-order valence-corrected chi connectivity index (χ0v) is 23.5. The maximum Gasteiger partial charge on any atom is 0.0877 e. The number of hydrogen-bond acceptors (Lipinski definition) is 3. The number of allylic oxidation sites excluding steroid dienone is 3. The van der Waals surface area contributed by atoms with Crippen LogP contribution in [-0.4, -0.2) is 34.1 Å². The lowest BCUT2D eigenvalue weighted by Crippen LogP contribution is -2.68. The first-order valence-electron chi connectivity index (χ1n) is 14.5. The van der Waals surface area contributed by atoms with Crippen molar-refractivity contribution in [2.45, 2.75) is 112 Å². The van der Waals surface area contributed by atoms with Crippen LogP contribution in [0.25, 0.3) is 0 Å². The summed E-state index contributed by atoms with van der Waals surface area (Å²) in [7, 11) is 0. The Kier molecular flexibility index (Phi) is 5.72. The molecule has 35 heavy (non-hydrogen) atoms. The minimum Gasteiger partial charge on any atom is -0.396 e. The number of rotatable bonds is 2. The Morgan fingerprint density at radius 2 is 1.63 bits per heavy atom. The first kappa shape index (κ1) is 26.0. The third-order valence-corrected chi connectivity index (χ3v) is 14.0. The topological polar surface area (TPSA) is 60.7 Å². The van der Waals surface area contributed by atoms with Crippen LogP contribution in [0, 0.1) is 56.2 Å². The van der Waals surface area contributed by atoms with Crippen molar-refractivity contribution in [3.8, 4) is 0 Å². The van der Waals surface area contributed by atoms with Crippen LogP contribution in [0.15, 0.2) is 24.3 Å². The molecule has 5 rings (SSSR count). The average molecular weight is 485 g/mol. The fourth-order valence-electron chi connectivity index (χ4n) is 11.1. The maximum absolute atomic E-state index is 11.0. The monoisotopic (exact) mass is 484 g/mol. The molecule has 4 fully saturated rings. The standard InChI is InChI=1S/C32H52O3/c1-9-32-16-14-27(3,4)20(2)25(32)21-10-11-24-28(5)18-22(34)26(35)29(6,19-33)23(28)12-13-31(24,8)30(21,7)15-17-32/h9-10,20,22-26,33-35H,1,11-19H2,2-8H3/t20-,22+,23-,24+,25+,26+,28-,29+,30+,31+,32+/m0/s1. The summed E-state index contributed by atoms with van der Waals surface area (Å²) in [5.74, 6) is 1.85. The number of aliphatic hydroxyl groups excluding tert-OH is 3. The van der Waals surface area contributed by atoms with Gasteiger partial charge in [-0.25, -0.2) is 0 Å². The molecule has 198 valence electrons. The molecule has 3 N–H and O–H groups in total. The molecule has 0 heterocycles. The van der Waals surface area contributed by atoms with E-state index >= 15 is 0 Å². The quantitative estimate of drug-likeness (QED) is 0.391. The van der Waals surface area contributed by atoms with Gasteiger partial charge in [-0.2, -0.15) is 0 Å². The number of fused-ring (bicyclic) bond motifs is 7. The summed E-state index contributed by atoms with van der Waals surface area (Å²) in [5, 5.41) is 32.5. The van der Waals surface area contributed by atoms with Crippen LogP contribution in [0.4, 0.5) is 0 Å². The molecule has 0 aromatic heterocycles. The smallest absolute Gasteiger partial charge is 0.0877 e. The van der Waals surface area contributed by atoms with Crippen molar-refractivity contribution in [2.75, 3.05) is 6.61 Å². The van der Waals surface area contributed by atoms with Crippen molar-refractivity contribution in [3.05, 3.63) is 24.3 Å². The number of hydrogen-bond donors (Lipinski definition) is 3. The summed E-state index contributed by atoms with van der Waals surface area (Å²) in [5.41, 5.74) is 1.82. The lowest BCUT2D eigenvalue weighted by Gasteiger charge is -2.72. The van der Waals surface area contributed by atoms with Gasteiger partial charge in [0.15, 0.2) is 0 Å². The molecule has 5 aliphatic rings. The van der Waals surface area contributed by atoms with E-state index < -0.39 is 17.6 Å². The summed E-state index contributed by atoms with van der Waals surface area (Å²) in [4.78, 5) is 0. The second kappa shape index (κ2) is 7.70. The Hall–Kier alpha value is -0.640. The van der Waals surface area contributed by atoms with Crippen molar-refractivity contribution in [2.24, 2.45) is 56.2 Å². The molecule has 11 atom stereocenters. The molecule has 0 bridgehead atoms. The van der Waals surface area contributed by atoms with Gasteiger partial charge in [-0.05, 0) is 102 Å². The molecule has 0 unspecified atom stereocenters. The van der Waals surface area contributed by atoms with Gasteiger partial charge in [0.25, 0.3) is 0 Å². The average Bonchev–Trinajstić information content (AvgIpc) is 2.80. The predicted molar refractivity (Wildman–Crippen MR) is 143 cm³/mol. The summed E-state index contributed by atoms with van der Waals surface area (Å²) >= 11 is 0. The SMILES string of the molecule is C=C[C@]12CCC(C)(C)[C@@H](C)[C@@H]1C1=CC[C@@H]3[C@@]4(C)C[C@@H](O)[C@@H](O)[C@](C)(CO)[C@H]4CC[C@@]3(C)[C@]1(C)CC2. The van der Waals surface area contributed by atoms with Gasteiger partial charge in [0.1, 0.15) is 0 Å². The second-order valence-electron chi connectivity index (χ2n) is 15.4. The van der Waals surface area contributed by atoms with E-state index in [4.69, 9.17) is 0 Å². The minimum absolute atomic E-state index is 0.0657. The summed E-state index contributed by atoms with van der Waals surface area (Å²) in [6.45, 7) is 21.3. The van der Waals surface area contributed by atoms with Gasteiger partial charge in [0, 0.05) is 5.41 Å². The van der Waals surface area contributed by atoms with Crippen LogP contribution in [0.1, 0.15) is 99.8 Å². The van der Waals surface area contributed by atoms with Gasteiger partial charge >= 0.3 is 0 Å². The molecule has 0 aliphatic heterocycles. The Bertz CT molecular complexity index is 922. The molecule has 0 amide bonds. The Morgan fingerprint density at radius 1 is 0.971 bits per heavy atom. The van der Waals surface area contributed by atoms with Crippen LogP contribution in [0.2, 0.25) is 0 Å². The van der Waals surface area contributed by atoms with Crippen molar-refractivity contribution in [1.29, 1.82) is 0 Å². The lowest BCUT2D eigenvalue weighted by atomic mass is 9.32. The van der Waals surface area contributed by atoms with E-state index in [2.05, 4.69) is 60.3 Å². The molecule has 3 heteroatoms. The molecule has 0 radical (unpaired) electrons. The molecule has 5 aliphatic carbocycles. The van der Waals surface area contributed by atoms with Crippen LogP contribution >= 0.6 is 0 Å². The Morgan fingerprint density at radius 3 is 2.26 bits per heavy atom. The highest BCUT2D eigenvalue weighted by atomic mass is 16.3. The molecule has 0 aromatic rings. The van der Waals surface area contributed by atoms with Crippen LogP contribution in [-0.2, 0) is 0 Å². The summed E-state index contributed by atoms with van der Waals surface area (Å²) < 4.78 is 0. The second-order valence-corrected chi connectivity index (χ2v) is 15.4. The fraction of sp³-hybridized carbons (Fsp3) is 0.875. The largest absolute Gasteiger partial charge is 0.396 e. The van der Waals surface area contributed by atoms with Gasteiger partial charge in [-0.15, -0.1) is 6.58 Å². The molecule has 0 spiro atoms. The molecular formula is C32H52O3. The van der Waals surface area contributed by atoms with Crippen LogP contribution in [0.5, 0.6) is 0 Å². The van der Waals surface area contributed by atoms with E-state index in [-0.39, 0.29) is 34.2 Å². The summed E-state index contributed by atoms with van der Waals surface area (Å²) in [6.07, 6.45) is 12.2. The Labute approximate surface area is 214 Å². The van der Waals surface area contributed by atoms with E-state index in [0.29, 0.717) is 29.6 Å². The highest BCUT2D eigenvalue weighted by Crippen LogP contribution is 2.76. The van der Waals surface area contributed by atoms with E-state index in [9.17, 15) is 15.3 Å². The minimum atomic E-state index is -0.853. The molecular weight excluding hydrogens is 432 g/mol. The molecule has 3 nitrogen and oxygen atoms in total. The highest BCUT2D eigenvalue weighted by molar-refractivity contribution is 5.36. The third kappa shape index (κ3) is 3.01. The lowest BCUT2D eigenvalue weighted by molar-refractivity contribution is -0.243. The van der Waals surface area contributed by atoms with Gasteiger partial charge < -0.3 is 15.3 Å². The van der Waals surface area contributed by atoms with Gasteiger partial charge in [-0.1, -0.05) is 66.2 Å². The van der Waals surface area contributed by atoms with Crippen molar-refractivity contribution in [1.82, 2.24) is 0 Å². The fourth-order valence-corrected chi connectivity index (χ4v) is 11.1. The van der Waals surface area contributed by atoms with E-state index in [1.165, 1.54) is 25.7 Å². The zero-order valence-electron chi connectivity index (χ0n) is 23.5. The van der Waals surface area contributed by atoms with Gasteiger partial charge in [0.05, 0.1) is 18.8 Å². The first-order chi connectivity index (χ1) is 16.2. The van der Waals surface area contributed by atoms with Crippen molar-refractivity contribution >= 4 is 0 Å². The van der Waals surface area contributed by atoms with E-state index in [0.717, 1.165) is 19.3 Å². The Balaban J connectivity index is 1.62. The maximum atomic E-state index is 11.0. The summed E-state index contributed by atoms with van der Waals surface area (Å²) in [6, 6.07) is 0.